The summed E-state index contributed by atoms with van der Waals surface area (Å²) in [6.07, 6.45) is 0. The van der Waals surface area contributed by atoms with E-state index in [1.54, 1.807) is 0 Å². The van der Waals surface area contributed by atoms with E-state index in [-0.39, 0.29) is 11.1 Å². The van der Waals surface area contributed by atoms with Gasteiger partial charge >= 0.3 is 0 Å². The highest BCUT2D eigenvalue weighted by Gasteiger charge is 2.16. The van der Waals surface area contributed by atoms with Gasteiger partial charge in [0.25, 0.3) is 0 Å². The third kappa shape index (κ3) is 4.56. The van der Waals surface area contributed by atoms with Crippen molar-refractivity contribution in [3.05, 3.63) is 70.8 Å². The standard InChI is InChI=1S/C14H10F4O2S/c15-11-1-9(2-12(16)5-11)7-21(19,20)8-10-3-13(17)6-14(18)4-10/h1-6H,7-8H2. The summed E-state index contributed by atoms with van der Waals surface area (Å²) in [5.74, 6) is -4.82. The molecule has 0 N–H and O–H groups in total. The number of hydrogen-bond acceptors (Lipinski definition) is 2. The Morgan fingerprint density at radius 3 is 1.19 bits per heavy atom. The van der Waals surface area contributed by atoms with Crippen LogP contribution in [0.1, 0.15) is 11.1 Å². The summed E-state index contributed by atoms with van der Waals surface area (Å²) >= 11 is 0. The van der Waals surface area contributed by atoms with E-state index in [0.29, 0.717) is 12.1 Å². The predicted molar refractivity (Wildman–Crippen MR) is 69.0 cm³/mol. The van der Waals surface area contributed by atoms with Crippen LogP contribution in [0.2, 0.25) is 0 Å². The maximum absolute atomic E-state index is 13.0. The summed E-state index contributed by atoms with van der Waals surface area (Å²) in [6, 6.07) is 4.83. The van der Waals surface area contributed by atoms with Crippen molar-refractivity contribution in [2.24, 2.45) is 0 Å². The van der Waals surface area contributed by atoms with Crippen LogP contribution in [-0.4, -0.2) is 8.42 Å². The lowest BCUT2D eigenvalue weighted by molar-refractivity contribution is 0.577. The van der Waals surface area contributed by atoms with Crippen molar-refractivity contribution >= 4 is 9.84 Å². The summed E-state index contributed by atoms with van der Waals surface area (Å²) in [6.45, 7) is 0. The summed E-state index contributed by atoms with van der Waals surface area (Å²) in [7, 11) is -3.82. The molecule has 7 heteroatoms. The Morgan fingerprint density at radius 1 is 0.619 bits per heavy atom. The fourth-order valence-electron chi connectivity index (χ4n) is 1.95. The van der Waals surface area contributed by atoms with E-state index in [0.717, 1.165) is 24.3 Å². The molecule has 0 bridgehead atoms. The number of benzene rings is 2. The molecular formula is C14H10F4O2S. The second-order valence-electron chi connectivity index (χ2n) is 4.59. The first kappa shape index (κ1) is 15.5. The van der Waals surface area contributed by atoms with Crippen molar-refractivity contribution in [1.29, 1.82) is 0 Å². The van der Waals surface area contributed by atoms with Gasteiger partial charge in [0.15, 0.2) is 9.84 Å². The number of hydrogen-bond donors (Lipinski definition) is 0. The normalized spacial score (nSPS) is 11.6. The molecule has 2 nitrogen and oxygen atoms in total. The first-order valence-corrected chi connectivity index (χ1v) is 7.66. The molecule has 0 aromatic heterocycles. The molecule has 0 aliphatic rings. The van der Waals surface area contributed by atoms with Crippen LogP contribution in [0.4, 0.5) is 17.6 Å². The molecule has 2 aromatic rings. The van der Waals surface area contributed by atoms with Crippen molar-refractivity contribution in [2.45, 2.75) is 11.5 Å². The van der Waals surface area contributed by atoms with E-state index in [9.17, 15) is 26.0 Å². The SMILES string of the molecule is O=S(=O)(Cc1cc(F)cc(F)c1)Cc1cc(F)cc(F)c1. The molecule has 0 saturated carbocycles. The molecule has 112 valence electrons. The van der Waals surface area contributed by atoms with Gasteiger partial charge in [-0.05, 0) is 35.4 Å². The average molecular weight is 318 g/mol. The molecule has 0 unspecified atom stereocenters. The molecule has 2 rings (SSSR count). The lowest BCUT2D eigenvalue weighted by atomic mass is 10.2. The molecule has 0 amide bonds. The van der Waals surface area contributed by atoms with Crippen LogP contribution in [0.3, 0.4) is 0 Å². The van der Waals surface area contributed by atoms with E-state index in [1.165, 1.54) is 0 Å². The van der Waals surface area contributed by atoms with Gasteiger partial charge in [0.1, 0.15) is 23.3 Å². The van der Waals surface area contributed by atoms with Gasteiger partial charge < -0.3 is 0 Å². The van der Waals surface area contributed by atoms with Crippen molar-refractivity contribution in [2.75, 3.05) is 0 Å². The van der Waals surface area contributed by atoms with E-state index >= 15 is 0 Å². The van der Waals surface area contributed by atoms with Crippen molar-refractivity contribution < 1.29 is 26.0 Å². The number of halogens is 4. The van der Waals surface area contributed by atoms with Gasteiger partial charge in [-0.25, -0.2) is 26.0 Å². The molecular weight excluding hydrogens is 308 g/mol. The smallest absolute Gasteiger partial charge is 0.158 e. The molecule has 0 saturated heterocycles. The molecule has 2 aromatic carbocycles. The Kier molecular flexibility index (Phi) is 4.32. The highest BCUT2D eigenvalue weighted by atomic mass is 32.2. The molecule has 21 heavy (non-hydrogen) atoms. The maximum Gasteiger partial charge on any atom is 0.158 e. The Morgan fingerprint density at radius 2 is 0.905 bits per heavy atom. The molecule has 0 fully saturated rings. The van der Waals surface area contributed by atoms with Crippen molar-refractivity contribution in [3.8, 4) is 0 Å². The highest BCUT2D eigenvalue weighted by molar-refractivity contribution is 7.89. The van der Waals surface area contributed by atoms with E-state index in [1.807, 2.05) is 0 Å². The first-order valence-electron chi connectivity index (χ1n) is 5.84. The van der Waals surface area contributed by atoms with Gasteiger partial charge in [-0.3, -0.25) is 0 Å². The zero-order valence-corrected chi connectivity index (χ0v) is 11.4. The molecule has 0 aliphatic heterocycles. The van der Waals surface area contributed by atoms with Crippen LogP contribution in [0.15, 0.2) is 36.4 Å². The molecule has 0 aliphatic carbocycles. The van der Waals surface area contributed by atoms with Crippen molar-refractivity contribution in [1.82, 2.24) is 0 Å². The van der Waals surface area contributed by atoms with Crippen LogP contribution < -0.4 is 0 Å². The summed E-state index contributed by atoms with van der Waals surface area (Å²) in [5, 5.41) is 0. The van der Waals surface area contributed by atoms with Crippen LogP contribution in [0, 0.1) is 23.3 Å². The van der Waals surface area contributed by atoms with Gasteiger partial charge in [-0.2, -0.15) is 0 Å². The van der Waals surface area contributed by atoms with E-state index in [2.05, 4.69) is 0 Å². The van der Waals surface area contributed by atoms with Crippen molar-refractivity contribution in [3.63, 3.8) is 0 Å². The van der Waals surface area contributed by atoms with E-state index < -0.39 is 44.6 Å². The van der Waals surface area contributed by atoms with Crippen LogP contribution in [0.5, 0.6) is 0 Å². The Bertz CT molecular complexity index is 673. The van der Waals surface area contributed by atoms with Crippen LogP contribution in [0.25, 0.3) is 0 Å². The molecule has 0 heterocycles. The monoisotopic (exact) mass is 318 g/mol. The fraction of sp³-hybridized carbons (Fsp3) is 0.143. The lowest BCUT2D eigenvalue weighted by Crippen LogP contribution is -2.08. The zero-order chi connectivity index (χ0) is 15.6. The highest BCUT2D eigenvalue weighted by Crippen LogP contribution is 2.16. The second-order valence-corrected chi connectivity index (χ2v) is 6.65. The largest absolute Gasteiger partial charge is 0.228 e. The van der Waals surface area contributed by atoms with Crippen LogP contribution >= 0.6 is 0 Å². The van der Waals surface area contributed by atoms with Gasteiger partial charge in [-0.1, -0.05) is 0 Å². The second kappa shape index (κ2) is 5.85. The van der Waals surface area contributed by atoms with E-state index in [4.69, 9.17) is 0 Å². The van der Waals surface area contributed by atoms with Gasteiger partial charge in [-0.15, -0.1) is 0 Å². The lowest BCUT2D eigenvalue weighted by Gasteiger charge is -2.06. The molecule has 0 radical (unpaired) electrons. The summed E-state index contributed by atoms with van der Waals surface area (Å²) in [5.41, 5.74) is -0.131. The predicted octanol–water partition coefficient (Wildman–Crippen LogP) is 3.36. The van der Waals surface area contributed by atoms with Gasteiger partial charge in [0.05, 0.1) is 11.5 Å². The maximum atomic E-state index is 13.0. The zero-order valence-electron chi connectivity index (χ0n) is 10.6. The van der Waals surface area contributed by atoms with Gasteiger partial charge in [0.2, 0.25) is 0 Å². The third-order valence-corrected chi connectivity index (χ3v) is 4.16. The third-order valence-electron chi connectivity index (χ3n) is 2.62. The van der Waals surface area contributed by atoms with Gasteiger partial charge in [0, 0.05) is 12.1 Å². The summed E-state index contributed by atoms with van der Waals surface area (Å²) < 4.78 is 75.9. The Labute approximate surface area is 119 Å². The first-order chi connectivity index (χ1) is 9.73. The minimum Gasteiger partial charge on any atom is -0.228 e. The molecule has 0 atom stereocenters. The average Bonchev–Trinajstić information content (AvgIpc) is 2.23. The number of rotatable bonds is 4. The summed E-state index contributed by atoms with van der Waals surface area (Å²) in [4.78, 5) is 0. The quantitative estimate of drug-likeness (QED) is 0.810. The Balaban J connectivity index is 2.22. The minimum atomic E-state index is -3.82. The van der Waals surface area contributed by atoms with Crippen LogP contribution in [-0.2, 0) is 21.3 Å². The molecule has 0 spiro atoms. The minimum absolute atomic E-state index is 0.0654. The number of sulfone groups is 1. The Hall–Kier alpha value is -1.89. The fourth-order valence-corrected chi connectivity index (χ4v) is 3.40. The topological polar surface area (TPSA) is 34.1 Å².